The Bertz CT molecular complexity index is 970. The maximum atomic E-state index is 13.2. The summed E-state index contributed by atoms with van der Waals surface area (Å²) in [6.07, 6.45) is 0.110. The molecule has 0 aliphatic carbocycles. The number of anilines is 4. The number of carbonyl (C=O) groups is 2. The van der Waals surface area contributed by atoms with E-state index in [9.17, 15) is 14.0 Å². The molecule has 3 aromatic rings. The third-order valence-corrected chi connectivity index (χ3v) is 3.92. The van der Waals surface area contributed by atoms with Gasteiger partial charge in [0.1, 0.15) is 5.82 Å². The summed E-state index contributed by atoms with van der Waals surface area (Å²) in [4.78, 5) is 23.1. The van der Waals surface area contributed by atoms with E-state index in [-0.39, 0.29) is 24.1 Å². The SMILES string of the molecule is CC(=O)Nc1ccc(Nc2ccc(NC(=O)Cc3cccc(F)c3)cc2)cc1. The Balaban J connectivity index is 1.55. The van der Waals surface area contributed by atoms with Crippen molar-refractivity contribution >= 4 is 34.6 Å². The molecule has 0 aromatic heterocycles. The normalized spacial score (nSPS) is 10.2. The first-order valence-corrected chi connectivity index (χ1v) is 8.77. The number of hydrogen-bond donors (Lipinski definition) is 3. The van der Waals surface area contributed by atoms with Crippen LogP contribution in [0.1, 0.15) is 12.5 Å². The van der Waals surface area contributed by atoms with Gasteiger partial charge in [0.2, 0.25) is 11.8 Å². The fourth-order valence-electron chi connectivity index (χ4n) is 2.68. The molecular weight excluding hydrogens is 357 g/mol. The third kappa shape index (κ3) is 5.67. The molecule has 3 aromatic carbocycles. The van der Waals surface area contributed by atoms with Crippen LogP contribution in [-0.2, 0) is 16.0 Å². The summed E-state index contributed by atoms with van der Waals surface area (Å²) in [5.74, 6) is -0.679. The molecule has 0 bridgehead atoms. The van der Waals surface area contributed by atoms with Gasteiger partial charge in [0.05, 0.1) is 6.42 Å². The van der Waals surface area contributed by atoms with E-state index in [1.54, 1.807) is 24.3 Å². The predicted octanol–water partition coefficient (Wildman–Crippen LogP) is 4.71. The van der Waals surface area contributed by atoms with Crippen molar-refractivity contribution in [3.63, 3.8) is 0 Å². The summed E-state index contributed by atoms with van der Waals surface area (Å²) in [6.45, 7) is 1.46. The summed E-state index contributed by atoms with van der Waals surface area (Å²) in [7, 11) is 0. The molecule has 2 amide bonds. The zero-order valence-corrected chi connectivity index (χ0v) is 15.3. The standard InChI is InChI=1S/C22H20FN3O2/c1-15(27)24-18-5-7-19(8-6-18)25-20-9-11-21(12-10-20)26-22(28)14-16-3-2-4-17(23)13-16/h2-13,25H,14H2,1H3,(H,24,27)(H,26,28). The van der Waals surface area contributed by atoms with Crippen LogP contribution in [-0.4, -0.2) is 11.8 Å². The quantitative estimate of drug-likeness (QED) is 0.583. The Labute approximate surface area is 162 Å². The lowest BCUT2D eigenvalue weighted by molar-refractivity contribution is -0.116. The van der Waals surface area contributed by atoms with Crippen molar-refractivity contribution in [2.45, 2.75) is 13.3 Å². The molecule has 5 nitrogen and oxygen atoms in total. The fraction of sp³-hybridized carbons (Fsp3) is 0.0909. The highest BCUT2D eigenvalue weighted by atomic mass is 19.1. The molecule has 0 aliphatic rings. The molecule has 0 unspecified atom stereocenters. The van der Waals surface area contributed by atoms with Gasteiger partial charge in [-0.25, -0.2) is 4.39 Å². The van der Waals surface area contributed by atoms with Gasteiger partial charge in [-0.05, 0) is 66.2 Å². The lowest BCUT2D eigenvalue weighted by atomic mass is 10.1. The monoisotopic (exact) mass is 377 g/mol. The summed E-state index contributed by atoms with van der Waals surface area (Å²) >= 11 is 0. The van der Waals surface area contributed by atoms with Crippen LogP contribution in [0.5, 0.6) is 0 Å². The van der Waals surface area contributed by atoms with Crippen molar-refractivity contribution in [3.8, 4) is 0 Å². The van der Waals surface area contributed by atoms with Crippen molar-refractivity contribution < 1.29 is 14.0 Å². The molecule has 0 atom stereocenters. The van der Waals surface area contributed by atoms with Crippen LogP contribution in [0, 0.1) is 5.82 Å². The van der Waals surface area contributed by atoms with Gasteiger partial charge in [0.25, 0.3) is 0 Å². The molecule has 142 valence electrons. The minimum Gasteiger partial charge on any atom is -0.356 e. The van der Waals surface area contributed by atoms with E-state index >= 15 is 0 Å². The van der Waals surface area contributed by atoms with Crippen LogP contribution >= 0.6 is 0 Å². The zero-order chi connectivity index (χ0) is 19.9. The molecule has 0 radical (unpaired) electrons. The van der Waals surface area contributed by atoms with Crippen LogP contribution in [0.4, 0.5) is 27.1 Å². The van der Waals surface area contributed by atoms with Crippen molar-refractivity contribution in [2.24, 2.45) is 0 Å². The second kappa shape index (κ2) is 8.81. The lowest BCUT2D eigenvalue weighted by Crippen LogP contribution is -2.14. The second-order valence-corrected chi connectivity index (χ2v) is 6.32. The molecule has 0 fully saturated rings. The predicted molar refractivity (Wildman–Crippen MR) is 109 cm³/mol. The molecule has 0 saturated heterocycles. The highest BCUT2D eigenvalue weighted by molar-refractivity contribution is 5.92. The van der Waals surface area contributed by atoms with Gasteiger partial charge in [-0.3, -0.25) is 9.59 Å². The van der Waals surface area contributed by atoms with E-state index in [4.69, 9.17) is 0 Å². The largest absolute Gasteiger partial charge is 0.356 e. The number of benzene rings is 3. The molecule has 28 heavy (non-hydrogen) atoms. The third-order valence-electron chi connectivity index (χ3n) is 3.92. The number of hydrogen-bond acceptors (Lipinski definition) is 3. The first kappa shape index (κ1) is 19.1. The molecule has 0 spiro atoms. The molecule has 0 aliphatic heterocycles. The van der Waals surface area contributed by atoms with Crippen molar-refractivity contribution in [1.29, 1.82) is 0 Å². The van der Waals surface area contributed by atoms with E-state index in [0.29, 0.717) is 11.3 Å². The van der Waals surface area contributed by atoms with Gasteiger partial charge < -0.3 is 16.0 Å². The number of halogens is 1. The maximum absolute atomic E-state index is 13.2. The van der Waals surface area contributed by atoms with Crippen LogP contribution in [0.25, 0.3) is 0 Å². The molecular formula is C22H20FN3O2. The van der Waals surface area contributed by atoms with E-state index in [1.807, 2.05) is 36.4 Å². The Morgan fingerprint density at radius 3 is 1.86 bits per heavy atom. The van der Waals surface area contributed by atoms with Crippen LogP contribution in [0.15, 0.2) is 72.8 Å². The molecule has 6 heteroatoms. The fourth-order valence-corrected chi connectivity index (χ4v) is 2.68. The topological polar surface area (TPSA) is 70.2 Å². The van der Waals surface area contributed by atoms with Crippen LogP contribution < -0.4 is 16.0 Å². The van der Waals surface area contributed by atoms with E-state index in [0.717, 1.165) is 17.1 Å². The minimum absolute atomic E-state index is 0.110. The number of nitrogens with one attached hydrogen (secondary N) is 3. The number of carbonyl (C=O) groups excluding carboxylic acids is 2. The number of rotatable bonds is 6. The first-order chi connectivity index (χ1) is 13.5. The smallest absolute Gasteiger partial charge is 0.228 e. The van der Waals surface area contributed by atoms with E-state index < -0.39 is 0 Å². The first-order valence-electron chi connectivity index (χ1n) is 8.77. The zero-order valence-electron chi connectivity index (χ0n) is 15.3. The highest BCUT2D eigenvalue weighted by Gasteiger charge is 2.05. The summed E-state index contributed by atoms with van der Waals surface area (Å²) in [6, 6.07) is 20.6. The maximum Gasteiger partial charge on any atom is 0.228 e. The van der Waals surface area contributed by atoms with Crippen molar-refractivity contribution in [2.75, 3.05) is 16.0 Å². The van der Waals surface area contributed by atoms with Gasteiger partial charge in [-0.15, -0.1) is 0 Å². The molecule has 3 rings (SSSR count). The molecule has 0 heterocycles. The minimum atomic E-state index is -0.356. The average Bonchev–Trinajstić information content (AvgIpc) is 2.64. The van der Waals surface area contributed by atoms with Gasteiger partial charge in [0.15, 0.2) is 0 Å². The van der Waals surface area contributed by atoms with E-state index in [1.165, 1.54) is 19.1 Å². The Morgan fingerprint density at radius 1 is 0.786 bits per heavy atom. The Morgan fingerprint density at radius 2 is 1.32 bits per heavy atom. The lowest BCUT2D eigenvalue weighted by Gasteiger charge is -2.10. The van der Waals surface area contributed by atoms with Gasteiger partial charge in [-0.2, -0.15) is 0 Å². The molecule has 0 saturated carbocycles. The van der Waals surface area contributed by atoms with E-state index in [2.05, 4.69) is 16.0 Å². The number of amides is 2. The highest BCUT2D eigenvalue weighted by Crippen LogP contribution is 2.21. The molecule has 3 N–H and O–H groups in total. The second-order valence-electron chi connectivity index (χ2n) is 6.32. The van der Waals surface area contributed by atoms with Gasteiger partial charge in [-0.1, -0.05) is 12.1 Å². The summed E-state index contributed by atoms with van der Waals surface area (Å²) < 4.78 is 13.2. The van der Waals surface area contributed by atoms with Crippen molar-refractivity contribution in [3.05, 3.63) is 84.2 Å². The summed E-state index contributed by atoms with van der Waals surface area (Å²) in [5.41, 5.74) is 3.74. The van der Waals surface area contributed by atoms with Crippen LogP contribution in [0.2, 0.25) is 0 Å². The average molecular weight is 377 g/mol. The van der Waals surface area contributed by atoms with Gasteiger partial charge in [0, 0.05) is 29.7 Å². The van der Waals surface area contributed by atoms with Crippen LogP contribution in [0.3, 0.4) is 0 Å². The Hall–Kier alpha value is -3.67. The Kier molecular flexibility index (Phi) is 6.01. The van der Waals surface area contributed by atoms with Crippen molar-refractivity contribution in [1.82, 2.24) is 0 Å². The van der Waals surface area contributed by atoms with Gasteiger partial charge >= 0.3 is 0 Å². The summed E-state index contributed by atoms with van der Waals surface area (Å²) in [5, 5.41) is 8.76.